The van der Waals surface area contributed by atoms with E-state index in [9.17, 15) is 46.8 Å². The average molecular weight is 1940 g/mol. The molecule has 4 fully saturated rings. The Kier molecular flexibility index (Phi) is 28.5. The number of halogens is 3. The summed E-state index contributed by atoms with van der Waals surface area (Å²) >= 11 is 0. The van der Waals surface area contributed by atoms with E-state index < -0.39 is 61.6 Å². The van der Waals surface area contributed by atoms with Crippen LogP contribution in [-0.4, -0.2) is 115 Å². The Bertz CT molecular complexity index is 7700. The largest absolute Gasteiger partial charge is 0.416 e. The van der Waals surface area contributed by atoms with Gasteiger partial charge in [-0.1, -0.05) is 184 Å². The number of aryl methyl sites for hydroxylation is 4. The van der Waals surface area contributed by atoms with Crippen molar-refractivity contribution in [3.05, 3.63) is 281 Å². The van der Waals surface area contributed by atoms with Crippen LogP contribution < -0.4 is 44.6 Å². The van der Waals surface area contributed by atoms with E-state index in [0.29, 0.717) is 85.3 Å². The lowest BCUT2D eigenvalue weighted by molar-refractivity contribution is -0.137. The molecule has 138 heavy (non-hydrogen) atoms. The molecule has 8 aromatic heterocycles. The number of benzene rings is 8. The molecule has 0 amide bonds. The van der Waals surface area contributed by atoms with Gasteiger partial charge < -0.3 is 44.6 Å². The zero-order valence-corrected chi connectivity index (χ0v) is 80.6. The Hall–Kier alpha value is -14.2. The fraction of sp³-hybridized carbons (Fsp3) is 0.275. The maximum absolute atomic E-state index is 13.5. The monoisotopic (exact) mass is 1940 g/mol. The van der Waals surface area contributed by atoms with Crippen LogP contribution in [0.2, 0.25) is 0 Å². The number of nitrogens with one attached hydrogen (secondary N) is 3. The molecule has 0 saturated heterocycles. The zero-order chi connectivity index (χ0) is 97.7. The molecule has 0 atom stereocenters. The average Bonchev–Trinajstić information content (AvgIpc) is 1.59. The first-order valence-electron chi connectivity index (χ1n) is 45.6. The fourth-order valence-electron chi connectivity index (χ4n) is 17.5. The van der Waals surface area contributed by atoms with E-state index in [4.69, 9.17) is 28.7 Å². The van der Waals surface area contributed by atoms with Gasteiger partial charge >= 0.3 is 6.18 Å². The first-order valence-corrected chi connectivity index (χ1v) is 51.4. The van der Waals surface area contributed by atoms with Crippen LogP contribution in [0.15, 0.2) is 256 Å². The molecule has 20 rings (SSSR count). The first kappa shape index (κ1) is 96.9. The number of rotatable bonds is 21. The molecule has 0 radical (unpaired) electrons. The molecule has 4 aliphatic rings. The Morgan fingerprint density at radius 1 is 0.355 bits per heavy atom. The number of nitrogens with zero attached hydrogens (tertiary/aromatic N) is 13. The third kappa shape index (κ3) is 21.6. The molecule has 0 bridgehead atoms. The third-order valence-corrected chi connectivity index (χ3v) is 32.4. The summed E-state index contributed by atoms with van der Waals surface area (Å²) in [4.78, 5) is 42.5. The van der Waals surface area contributed by atoms with Crippen molar-refractivity contribution in [3.63, 3.8) is 0 Å². The SMILES string of the molecule is CNc1cc(S(=O)(=O)c2cn(S(=O)(=O)c3ccc(C(F)(F)F)cc3)c3ccccc23)nc(N)n1.Cc1ccc(S(=O)(=O)n2cc(-c3cc(NC4CCC4)nc(N)n3)c3ccccc32)cc1.Cc1ccc(S(=O)(=O)n2cc(-c3cc(NC4CCCC4)nc(N)n3)c3ccccc32)cc1.Cc1cccc(-c2cc(CC3CCC3)nc(N)n2)c1C.Cc1cccc(-c2cc(CC3CCCC3)nc(N)n2)c1C. The van der Waals surface area contributed by atoms with Crippen LogP contribution in [0.1, 0.15) is 140 Å². The van der Waals surface area contributed by atoms with Gasteiger partial charge in [-0.15, -0.1) is 0 Å². The van der Waals surface area contributed by atoms with Crippen molar-refractivity contribution >= 4 is 120 Å². The molecular formula is C102H108F3N21O8S4. The lowest BCUT2D eigenvalue weighted by atomic mass is 9.82. The van der Waals surface area contributed by atoms with Crippen LogP contribution in [0.25, 0.3) is 77.7 Å². The Labute approximate surface area is 800 Å². The van der Waals surface area contributed by atoms with Gasteiger partial charge in [0, 0.05) is 106 Å². The molecular weight excluding hydrogens is 1830 g/mol. The highest BCUT2D eigenvalue weighted by atomic mass is 32.2. The van der Waals surface area contributed by atoms with E-state index in [-0.39, 0.29) is 49.3 Å². The van der Waals surface area contributed by atoms with Crippen LogP contribution in [0, 0.1) is 53.4 Å². The van der Waals surface area contributed by atoms with Gasteiger partial charge in [0.2, 0.25) is 39.6 Å². The molecule has 36 heteroatoms. The van der Waals surface area contributed by atoms with Crippen LogP contribution >= 0.6 is 0 Å². The molecule has 0 spiro atoms. The minimum atomic E-state index is -4.64. The minimum absolute atomic E-state index is 0.0110. The van der Waals surface area contributed by atoms with Gasteiger partial charge in [-0.25, -0.2) is 80.5 Å². The van der Waals surface area contributed by atoms with Crippen molar-refractivity contribution in [2.75, 3.05) is 51.7 Å². The maximum atomic E-state index is 13.5. The quantitative estimate of drug-likeness (QED) is 0.0310. The van der Waals surface area contributed by atoms with Crippen LogP contribution in [0.5, 0.6) is 0 Å². The number of nitrogens with two attached hydrogens (primary N) is 5. The standard InChI is InChI=1S/C24H25N5O2S.C23H23N5O2S.C20H16F3N5O4S2.C18H23N3.C17H21N3/c1-16-10-12-18(13-11-16)32(30,31)29-15-20(19-8-4-5-9-22(19)29)21-14-23(28-24(25)27-21)26-17-6-2-3-7-17;1-15-9-11-17(12-10-15)31(29,30)28-14-19(18-7-2-3-8-21(18)28)20-13-22(27-23(24)26-20)25-16-5-4-6-16;1-25-17-10-18(27-19(24)26-17)33(29,30)16-11-28(15-5-3-2-4-14(15)16)34(31,32)13-8-6-12(7-9-13)20(21,22)23;1-12-6-5-9-16(13(12)2)17-11-15(20-18(19)21-17)10-14-7-3-4-8-14;1-11-5-3-8-15(12(11)2)16-10-14(19-17(18)20-16)9-13-6-4-7-13/h4-5,8-15,17H,2-3,6-7H2,1H3,(H3,25,26,27,28);2-3,7-14,16H,4-6H2,1H3,(H3,24,25,26,27);2-11H,1H3,(H3,24,25,26,27);5-6,9,11,14H,3-4,7-8,10H2,1-2H3,(H2,19,20,21);3,5,8,10,13H,4,6-7,9H2,1-2H3,(H2,18,19,20). The number of fused-ring (bicyclic) bond motifs is 3. The van der Waals surface area contributed by atoms with Gasteiger partial charge in [-0.05, 0) is 199 Å². The summed E-state index contributed by atoms with van der Waals surface area (Å²) in [6.07, 6.45) is 18.9. The Balaban J connectivity index is 0.000000126. The van der Waals surface area contributed by atoms with E-state index in [2.05, 4.69) is 142 Å². The number of nitrogen functional groups attached to an aromatic ring is 5. The molecule has 4 aliphatic carbocycles. The second kappa shape index (κ2) is 40.6. The van der Waals surface area contributed by atoms with Gasteiger partial charge in [0.1, 0.15) is 17.5 Å². The van der Waals surface area contributed by atoms with Crippen LogP contribution in [0.4, 0.5) is 60.4 Å². The van der Waals surface area contributed by atoms with E-state index in [0.717, 1.165) is 131 Å². The molecule has 8 aromatic carbocycles. The predicted molar refractivity (Wildman–Crippen MR) is 536 cm³/mol. The number of alkyl halides is 3. The van der Waals surface area contributed by atoms with Crippen molar-refractivity contribution < 1.29 is 46.8 Å². The van der Waals surface area contributed by atoms with Gasteiger partial charge in [-0.2, -0.15) is 28.1 Å². The maximum Gasteiger partial charge on any atom is 0.416 e. The number of anilines is 8. The van der Waals surface area contributed by atoms with Crippen molar-refractivity contribution in [2.24, 2.45) is 11.8 Å². The summed E-state index contributed by atoms with van der Waals surface area (Å²) < 4.78 is 149. The lowest BCUT2D eigenvalue weighted by Gasteiger charge is -2.27. The summed E-state index contributed by atoms with van der Waals surface area (Å²) in [6, 6.07) is 59.6. The molecule has 8 heterocycles. The lowest BCUT2D eigenvalue weighted by Crippen LogP contribution is -2.27. The van der Waals surface area contributed by atoms with Crippen molar-refractivity contribution in [3.8, 4) is 45.0 Å². The van der Waals surface area contributed by atoms with Crippen molar-refractivity contribution in [1.82, 2.24) is 61.8 Å². The van der Waals surface area contributed by atoms with E-state index in [1.807, 2.05) is 62.4 Å². The highest BCUT2D eigenvalue weighted by molar-refractivity contribution is 7.92. The number of hydrogen-bond acceptors (Lipinski definition) is 26. The van der Waals surface area contributed by atoms with Gasteiger partial charge in [0.05, 0.1) is 64.5 Å². The predicted octanol–water partition coefficient (Wildman–Crippen LogP) is 19.7. The first-order chi connectivity index (χ1) is 65.9. The molecule has 0 unspecified atom stereocenters. The normalized spacial score (nSPS) is 14.4. The summed E-state index contributed by atoms with van der Waals surface area (Å²) in [5.74, 6) is 3.78. The smallest absolute Gasteiger partial charge is 0.373 e. The number of para-hydroxylation sites is 3. The van der Waals surface area contributed by atoms with Gasteiger partial charge in [0.25, 0.3) is 30.1 Å². The Morgan fingerprint density at radius 3 is 1.10 bits per heavy atom. The summed E-state index contributed by atoms with van der Waals surface area (Å²) in [5.41, 5.74) is 45.7. The fourth-order valence-corrected chi connectivity index (χ4v) is 23.1. The number of aromatic nitrogens is 13. The highest BCUT2D eigenvalue weighted by Crippen LogP contribution is 2.41. The Morgan fingerprint density at radius 2 is 0.703 bits per heavy atom. The van der Waals surface area contributed by atoms with Gasteiger partial charge in [-0.3, -0.25) is 0 Å². The molecule has 0 aliphatic heterocycles. The minimum Gasteiger partial charge on any atom is -0.373 e. The van der Waals surface area contributed by atoms with Crippen molar-refractivity contribution in [1.29, 1.82) is 0 Å². The number of hydrogen-bond donors (Lipinski definition) is 8. The van der Waals surface area contributed by atoms with Crippen molar-refractivity contribution in [2.45, 2.75) is 187 Å². The molecule has 4 saturated carbocycles. The second-order valence-electron chi connectivity index (χ2n) is 35.3. The second-order valence-corrected chi connectivity index (χ2v) is 42.6. The van der Waals surface area contributed by atoms with Gasteiger partial charge in [0.15, 0.2) is 5.03 Å². The van der Waals surface area contributed by atoms with E-state index >= 15 is 0 Å². The zero-order valence-electron chi connectivity index (χ0n) is 77.3. The number of sulfone groups is 1. The summed E-state index contributed by atoms with van der Waals surface area (Å²) in [5, 5.41) is 10.7. The molecule has 16 aromatic rings. The third-order valence-electron chi connectivity index (χ3n) is 25.7. The van der Waals surface area contributed by atoms with Crippen LogP contribution in [0.3, 0.4) is 0 Å². The summed E-state index contributed by atoms with van der Waals surface area (Å²) in [7, 11) is -14.9. The topological polar surface area (TPSA) is 446 Å². The van der Waals surface area contributed by atoms with Crippen LogP contribution in [-0.2, 0) is 58.9 Å². The summed E-state index contributed by atoms with van der Waals surface area (Å²) in [6.45, 7) is 12.4. The van der Waals surface area contributed by atoms with E-state index in [1.165, 1.54) is 126 Å². The highest BCUT2D eigenvalue weighted by Gasteiger charge is 2.35. The molecule has 714 valence electrons. The molecule has 13 N–H and O–H groups in total. The van der Waals surface area contributed by atoms with E-state index in [1.54, 1.807) is 73.1 Å². The molecule has 29 nitrogen and oxygen atoms in total.